The van der Waals surface area contributed by atoms with Gasteiger partial charge in [0.15, 0.2) is 5.69 Å². The summed E-state index contributed by atoms with van der Waals surface area (Å²) in [6, 6.07) is 8.30. The summed E-state index contributed by atoms with van der Waals surface area (Å²) in [5, 5.41) is 5.00. The van der Waals surface area contributed by atoms with Crippen molar-refractivity contribution in [2.75, 3.05) is 53.2 Å². The standard InChI is InChI=1S/C28H31F4N7O3/c1-17-6-5-11-38(15-17)27-36-24(28(30,31)32)23(42-27)25(40)34-19-9-10-22(33-14-19)39-13-12-37(16-18(39)2)26(41)35-21-8-4-3-7-20(21)29/h3-4,7-10,14,17-18H,5-6,11-13,15-16H2,1-2H3,(H,34,40)(H,35,41)/t17?,18-/m1/s1. The summed E-state index contributed by atoms with van der Waals surface area (Å²) in [5.41, 5.74) is -1.09. The second-order valence-electron chi connectivity index (χ2n) is 10.6. The van der Waals surface area contributed by atoms with Crippen molar-refractivity contribution in [3.8, 4) is 0 Å². The van der Waals surface area contributed by atoms with E-state index in [0.29, 0.717) is 38.5 Å². The summed E-state index contributed by atoms with van der Waals surface area (Å²) in [7, 11) is 0. The Balaban J connectivity index is 1.22. The van der Waals surface area contributed by atoms with Gasteiger partial charge in [-0.05, 0) is 49.9 Å². The van der Waals surface area contributed by atoms with Crippen LogP contribution in [0.15, 0.2) is 47.0 Å². The van der Waals surface area contributed by atoms with Gasteiger partial charge < -0.3 is 29.8 Å². The van der Waals surface area contributed by atoms with Crippen LogP contribution in [0.25, 0.3) is 0 Å². The largest absolute Gasteiger partial charge is 0.437 e. The van der Waals surface area contributed by atoms with E-state index in [1.165, 1.54) is 30.5 Å². The molecule has 0 radical (unpaired) electrons. The number of alkyl halides is 3. The van der Waals surface area contributed by atoms with Gasteiger partial charge in [0, 0.05) is 38.8 Å². The fourth-order valence-electron chi connectivity index (χ4n) is 5.21. The number of nitrogens with zero attached hydrogens (tertiary/aromatic N) is 5. The van der Waals surface area contributed by atoms with Crippen LogP contribution >= 0.6 is 0 Å². The molecule has 2 aliphatic rings. The van der Waals surface area contributed by atoms with Crippen LogP contribution in [0, 0.1) is 11.7 Å². The number of nitrogens with one attached hydrogen (secondary N) is 2. The number of piperidine rings is 1. The molecule has 0 aliphatic carbocycles. The first-order valence-corrected chi connectivity index (χ1v) is 13.7. The number of oxazole rings is 1. The predicted octanol–water partition coefficient (Wildman–Crippen LogP) is 5.46. The van der Waals surface area contributed by atoms with Crippen molar-refractivity contribution in [1.29, 1.82) is 0 Å². The smallest absolute Gasteiger partial charge is 0.417 e. The number of piperazine rings is 1. The van der Waals surface area contributed by atoms with Crippen molar-refractivity contribution in [2.24, 2.45) is 5.92 Å². The highest BCUT2D eigenvalue weighted by atomic mass is 19.4. The summed E-state index contributed by atoms with van der Waals surface area (Å²) in [4.78, 5) is 38.7. The lowest BCUT2D eigenvalue weighted by atomic mass is 10.0. The quantitative estimate of drug-likeness (QED) is 0.381. The topological polar surface area (TPSA) is 107 Å². The zero-order valence-electron chi connectivity index (χ0n) is 23.1. The zero-order valence-corrected chi connectivity index (χ0v) is 23.1. The maximum atomic E-state index is 13.9. The Kier molecular flexibility index (Phi) is 8.23. The molecule has 1 aromatic carbocycles. The van der Waals surface area contributed by atoms with E-state index in [0.717, 1.165) is 12.8 Å². The second kappa shape index (κ2) is 11.9. The van der Waals surface area contributed by atoms with Crippen LogP contribution in [-0.2, 0) is 6.18 Å². The number of benzene rings is 1. The van der Waals surface area contributed by atoms with Crippen molar-refractivity contribution >= 4 is 35.1 Å². The highest BCUT2D eigenvalue weighted by Gasteiger charge is 2.42. The average molecular weight is 590 g/mol. The maximum Gasteiger partial charge on any atom is 0.437 e. The van der Waals surface area contributed by atoms with Gasteiger partial charge in [-0.3, -0.25) is 4.79 Å². The normalized spacial score (nSPS) is 19.5. The van der Waals surface area contributed by atoms with E-state index in [-0.39, 0.29) is 29.3 Å². The van der Waals surface area contributed by atoms with E-state index in [1.54, 1.807) is 21.9 Å². The van der Waals surface area contributed by atoms with Crippen LogP contribution in [0.5, 0.6) is 0 Å². The van der Waals surface area contributed by atoms with Crippen LogP contribution in [0.2, 0.25) is 0 Å². The molecule has 5 rings (SSSR count). The molecule has 3 amide bonds. The lowest BCUT2D eigenvalue weighted by Crippen LogP contribution is -2.55. The predicted molar refractivity (Wildman–Crippen MR) is 148 cm³/mol. The maximum absolute atomic E-state index is 13.9. The molecule has 0 bridgehead atoms. The number of amides is 3. The molecule has 2 atom stereocenters. The van der Waals surface area contributed by atoms with Gasteiger partial charge in [-0.2, -0.15) is 18.2 Å². The molecule has 14 heteroatoms. The van der Waals surface area contributed by atoms with Gasteiger partial charge in [0.25, 0.3) is 11.9 Å². The average Bonchev–Trinajstić information content (AvgIpc) is 3.42. The monoisotopic (exact) mass is 589 g/mol. The number of hydrogen-bond donors (Lipinski definition) is 2. The Morgan fingerprint density at radius 2 is 1.81 bits per heavy atom. The number of halogens is 4. The van der Waals surface area contributed by atoms with Crippen molar-refractivity contribution in [2.45, 2.75) is 38.9 Å². The summed E-state index contributed by atoms with van der Waals surface area (Å²) in [6.07, 6.45) is -1.78. The molecule has 2 N–H and O–H groups in total. The number of rotatable bonds is 5. The number of hydrogen-bond acceptors (Lipinski definition) is 7. The van der Waals surface area contributed by atoms with Crippen LogP contribution < -0.4 is 20.4 Å². The molecule has 224 valence electrons. The Morgan fingerprint density at radius 1 is 1.02 bits per heavy atom. The number of urea groups is 1. The zero-order chi connectivity index (χ0) is 30.0. The van der Waals surface area contributed by atoms with Crippen LogP contribution in [0.3, 0.4) is 0 Å². The third-order valence-electron chi connectivity index (χ3n) is 7.35. The van der Waals surface area contributed by atoms with Gasteiger partial charge in [0.05, 0.1) is 17.6 Å². The summed E-state index contributed by atoms with van der Waals surface area (Å²) in [6.45, 7) is 6.04. The van der Waals surface area contributed by atoms with Crippen molar-refractivity contribution in [1.82, 2.24) is 14.9 Å². The molecule has 2 saturated heterocycles. The molecule has 1 unspecified atom stereocenters. The van der Waals surface area contributed by atoms with Crippen LogP contribution in [0.4, 0.5) is 45.6 Å². The summed E-state index contributed by atoms with van der Waals surface area (Å²) in [5.74, 6) is -1.68. The number of carbonyl (C=O) groups is 2. The first-order chi connectivity index (χ1) is 20.0. The Labute approximate surface area is 239 Å². The Bertz CT molecular complexity index is 1430. The molecule has 10 nitrogen and oxygen atoms in total. The van der Waals surface area contributed by atoms with E-state index in [4.69, 9.17) is 4.42 Å². The third kappa shape index (κ3) is 6.42. The van der Waals surface area contributed by atoms with E-state index in [2.05, 4.69) is 20.6 Å². The molecule has 3 aromatic rings. The van der Waals surface area contributed by atoms with Gasteiger partial charge in [-0.25, -0.2) is 14.2 Å². The molecular formula is C28H31F4N7O3. The first kappa shape index (κ1) is 29.1. The van der Waals surface area contributed by atoms with Crippen molar-refractivity contribution in [3.05, 3.63) is 59.9 Å². The summed E-state index contributed by atoms with van der Waals surface area (Å²) < 4.78 is 60.4. The minimum absolute atomic E-state index is 0.0990. The van der Waals surface area contributed by atoms with Gasteiger partial charge in [0.1, 0.15) is 11.6 Å². The molecule has 0 spiro atoms. The van der Waals surface area contributed by atoms with E-state index < -0.39 is 35.4 Å². The van der Waals surface area contributed by atoms with Crippen LogP contribution in [-0.4, -0.2) is 65.6 Å². The number of pyridine rings is 1. The number of aromatic nitrogens is 2. The minimum Gasteiger partial charge on any atom is -0.417 e. The molecule has 2 aromatic heterocycles. The molecule has 42 heavy (non-hydrogen) atoms. The molecule has 2 fully saturated rings. The number of para-hydroxylation sites is 1. The lowest BCUT2D eigenvalue weighted by molar-refractivity contribution is -0.141. The fraction of sp³-hybridized carbons (Fsp3) is 0.429. The molecule has 4 heterocycles. The van der Waals surface area contributed by atoms with Crippen molar-refractivity contribution < 1.29 is 31.6 Å². The lowest BCUT2D eigenvalue weighted by Gasteiger charge is -2.40. The van der Waals surface area contributed by atoms with Crippen LogP contribution in [0.1, 0.15) is 42.9 Å². The van der Waals surface area contributed by atoms with Gasteiger partial charge in [-0.1, -0.05) is 19.1 Å². The SMILES string of the molecule is CC1CCCN(c2nc(C(F)(F)F)c(C(=O)Nc3ccc(N4CCN(C(=O)Nc5ccccc5F)C[C@H]4C)nc3)o2)C1. The summed E-state index contributed by atoms with van der Waals surface area (Å²) >= 11 is 0. The second-order valence-corrected chi connectivity index (χ2v) is 10.6. The van der Waals surface area contributed by atoms with Crippen molar-refractivity contribution in [3.63, 3.8) is 0 Å². The van der Waals surface area contributed by atoms with E-state index in [9.17, 15) is 27.2 Å². The first-order valence-electron chi connectivity index (χ1n) is 13.7. The molecular weight excluding hydrogens is 558 g/mol. The fourth-order valence-corrected chi connectivity index (χ4v) is 5.21. The van der Waals surface area contributed by atoms with Gasteiger partial charge in [0.2, 0.25) is 5.76 Å². The third-order valence-corrected chi connectivity index (χ3v) is 7.35. The number of carbonyl (C=O) groups excluding carboxylic acids is 2. The van der Waals surface area contributed by atoms with Gasteiger partial charge in [-0.15, -0.1) is 0 Å². The number of anilines is 4. The van der Waals surface area contributed by atoms with E-state index >= 15 is 0 Å². The Hall–Kier alpha value is -4.36. The Morgan fingerprint density at radius 3 is 2.48 bits per heavy atom. The van der Waals surface area contributed by atoms with E-state index in [1.807, 2.05) is 18.7 Å². The highest BCUT2D eigenvalue weighted by molar-refractivity contribution is 6.03. The molecule has 2 aliphatic heterocycles. The minimum atomic E-state index is -4.87. The van der Waals surface area contributed by atoms with Gasteiger partial charge >= 0.3 is 12.2 Å². The highest BCUT2D eigenvalue weighted by Crippen LogP contribution is 2.35. The molecule has 0 saturated carbocycles.